The Morgan fingerprint density at radius 2 is 2.08 bits per heavy atom. The summed E-state index contributed by atoms with van der Waals surface area (Å²) in [4.78, 5) is 29.4. The van der Waals surface area contributed by atoms with Gasteiger partial charge in [-0.3, -0.25) is 9.59 Å². The Bertz CT molecular complexity index is 787. The largest absolute Gasteiger partial charge is 0.481 e. The fraction of sp³-hybridized carbons (Fsp3) is 0.389. The second-order valence-electron chi connectivity index (χ2n) is 6.56. The van der Waals surface area contributed by atoms with E-state index in [1.54, 1.807) is 30.2 Å². The summed E-state index contributed by atoms with van der Waals surface area (Å²) < 4.78 is 5.68. The van der Waals surface area contributed by atoms with Crippen LogP contribution in [0.2, 0.25) is 5.02 Å². The lowest BCUT2D eigenvalue weighted by molar-refractivity contribution is -0.147. The van der Waals surface area contributed by atoms with Crippen LogP contribution >= 0.6 is 11.6 Å². The molecular weight excluding hydrogens is 344 g/mol. The number of benzene rings is 1. The van der Waals surface area contributed by atoms with E-state index in [9.17, 15) is 14.7 Å². The Hall–Kier alpha value is -2.34. The summed E-state index contributed by atoms with van der Waals surface area (Å²) in [6.07, 6.45) is 2.73. The van der Waals surface area contributed by atoms with Gasteiger partial charge in [-0.05, 0) is 37.6 Å². The van der Waals surface area contributed by atoms with Gasteiger partial charge in [0.2, 0.25) is 5.91 Å². The Morgan fingerprint density at radius 3 is 2.72 bits per heavy atom. The van der Waals surface area contributed by atoms with E-state index >= 15 is 0 Å². The van der Waals surface area contributed by atoms with Crippen LogP contribution in [0.25, 0.3) is 11.3 Å². The second-order valence-corrected chi connectivity index (χ2v) is 6.99. The SMILES string of the molecule is CC1(C(=O)O)CCN(C(=O)CCc2ncc(-c3ccc(Cl)cc3)o2)C1. The number of hydrogen-bond acceptors (Lipinski definition) is 4. The van der Waals surface area contributed by atoms with Gasteiger partial charge in [0.15, 0.2) is 11.7 Å². The molecule has 2 heterocycles. The smallest absolute Gasteiger partial charge is 0.311 e. The van der Waals surface area contributed by atoms with E-state index < -0.39 is 11.4 Å². The number of likely N-dealkylation sites (tertiary alicyclic amines) is 1. The molecule has 0 saturated carbocycles. The number of aliphatic carboxylic acids is 1. The average Bonchev–Trinajstić information content (AvgIpc) is 3.21. The van der Waals surface area contributed by atoms with E-state index in [2.05, 4.69) is 4.98 Å². The summed E-state index contributed by atoms with van der Waals surface area (Å²) in [7, 11) is 0. The van der Waals surface area contributed by atoms with Crippen molar-refractivity contribution in [2.75, 3.05) is 13.1 Å². The quantitative estimate of drug-likeness (QED) is 0.882. The number of aryl methyl sites for hydroxylation is 1. The highest BCUT2D eigenvalue weighted by molar-refractivity contribution is 6.30. The van der Waals surface area contributed by atoms with Crippen molar-refractivity contribution < 1.29 is 19.1 Å². The molecule has 0 spiro atoms. The number of rotatable bonds is 5. The first-order valence-corrected chi connectivity index (χ1v) is 8.47. The number of halogens is 1. The second kappa shape index (κ2) is 6.88. The van der Waals surface area contributed by atoms with Gasteiger partial charge >= 0.3 is 5.97 Å². The molecule has 3 rings (SSSR count). The van der Waals surface area contributed by atoms with Gasteiger partial charge < -0.3 is 14.4 Å². The van der Waals surface area contributed by atoms with Gasteiger partial charge in [0.25, 0.3) is 0 Å². The fourth-order valence-corrected chi connectivity index (χ4v) is 3.02. The molecule has 1 amide bonds. The predicted octanol–water partition coefficient (Wildman–Crippen LogP) is 3.25. The molecule has 1 aromatic heterocycles. The fourth-order valence-electron chi connectivity index (χ4n) is 2.89. The van der Waals surface area contributed by atoms with Crippen LogP contribution in [-0.2, 0) is 16.0 Å². The number of carbonyl (C=O) groups is 2. The number of aromatic nitrogens is 1. The normalized spacial score (nSPS) is 20.0. The minimum atomic E-state index is -0.858. The zero-order valence-corrected chi connectivity index (χ0v) is 14.6. The molecule has 132 valence electrons. The van der Waals surface area contributed by atoms with Crippen molar-refractivity contribution in [3.05, 3.63) is 41.4 Å². The Balaban J connectivity index is 1.57. The third-order valence-corrected chi connectivity index (χ3v) is 4.83. The summed E-state index contributed by atoms with van der Waals surface area (Å²) in [6, 6.07) is 7.23. The number of carboxylic acids is 1. The molecule has 0 bridgehead atoms. The maximum absolute atomic E-state index is 12.3. The van der Waals surface area contributed by atoms with Crippen LogP contribution in [0.1, 0.15) is 25.7 Å². The molecule has 1 fully saturated rings. The molecule has 1 N–H and O–H groups in total. The van der Waals surface area contributed by atoms with Crippen molar-refractivity contribution in [2.24, 2.45) is 5.41 Å². The van der Waals surface area contributed by atoms with Crippen molar-refractivity contribution in [3.8, 4) is 11.3 Å². The van der Waals surface area contributed by atoms with E-state index in [0.29, 0.717) is 36.1 Å². The Morgan fingerprint density at radius 1 is 1.36 bits per heavy atom. The zero-order valence-electron chi connectivity index (χ0n) is 13.9. The van der Waals surface area contributed by atoms with E-state index in [-0.39, 0.29) is 18.9 Å². The summed E-state index contributed by atoms with van der Waals surface area (Å²) in [5.41, 5.74) is 0.0200. The standard InChI is InChI=1S/C18H19ClN2O4/c1-18(17(23)24)8-9-21(11-18)16(22)7-6-15-20-10-14(25-15)12-2-4-13(19)5-3-12/h2-5,10H,6-9,11H2,1H3,(H,23,24). The minimum absolute atomic E-state index is 0.0729. The van der Waals surface area contributed by atoms with Crippen molar-refractivity contribution in [1.29, 1.82) is 0 Å². The van der Waals surface area contributed by atoms with Crippen LogP contribution < -0.4 is 0 Å². The average molecular weight is 363 g/mol. The molecular formula is C18H19ClN2O4. The number of amides is 1. The van der Waals surface area contributed by atoms with Gasteiger partial charge in [-0.15, -0.1) is 0 Å². The lowest BCUT2D eigenvalue weighted by atomic mass is 9.90. The Kier molecular flexibility index (Phi) is 4.81. The molecule has 1 atom stereocenters. The minimum Gasteiger partial charge on any atom is -0.481 e. The third-order valence-electron chi connectivity index (χ3n) is 4.58. The molecule has 1 aliphatic heterocycles. The maximum Gasteiger partial charge on any atom is 0.311 e. The van der Waals surface area contributed by atoms with Gasteiger partial charge in [-0.2, -0.15) is 0 Å². The van der Waals surface area contributed by atoms with Crippen molar-refractivity contribution in [1.82, 2.24) is 9.88 Å². The van der Waals surface area contributed by atoms with E-state index in [4.69, 9.17) is 16.0 Å². The molecule has 0 aliphatic carbocycles. The van der Waals surface area contributed by atoms with Crippen LogP contribution in [0, 0.1) is 5.41 Å². The zero-order chi connectivity index (χ0) is 18.0. The highest BCUT2D eigenvalue weighted by Crippen LogP contribution is 2.30. The summed E-state index contributed by atoms with van der Waals surface area (Å²) in [5.74, 6) is 0.177. The van der Waals surface area contributed by atoms with Crippen LogP contribution in [0.4, 0.5) is 0 Å². The van der Waals surface area contributed by atoms with Gasteiger partial charge in [-0.1, -0.05) is 11.6 Å². The van der Waals surface area contributed by atoms with E-state index in [1.807, 2.05) is 12.1 Å². The first-order valence-electron chi connectivity index (χ1n) is 8.09. The number of hydrogen-bond donors (Lipinski definition) is 1. The van der Waals surface area contributed by atoms with Gasteiger partial charge in [0.05, 0.1) is 11.6 Å². The lowest BCUT2D eigenvalue weighted by Crippen LogP contribution is -2.34. The number of oxazole rings is 1. The number of nitrogens with zero attached hydrogens (tertiary/aromatic N) is 2. The van der Waals surface area contributed by atoms with Crippen LogP contribution in [0.3, 0.4) is 0 Å². The van der Waals surface area contributed by atoms with Crippen molar-refractivity contribution in [2.45, 2.75) is 26.2 Å². The molecule has 6 nitrogen and oxygen atoms in total. The molecule has 1 unspecified atom stereocenters. The number of carboxylic acid groups (broad SMARTS) is 1. The third kappa shape index (κ3) is 3.85. The molecule has 1 aromatic carbocycles. The highest BCUT2D eigenvalue weighted by atomic mass is 35.5. The van der Waals surface area contributed by atoms with Gasteiger partial charge in [-0.25, -0.2) is 4.98 Å². The molecule has 25 heavy (non-hydrogen) atoms. The summed E-state index contributed by atoms with van der Waals surface area (Å²) >= 11 is 5.87. The molecule has 0 radical (unpaired) electrons. The maximum atomic E-state index is 12.3. The van der Waals surface area contributed by atoms with Crippen molar-refractivity contribution >= 4 is 23.5 Å². The van der Waals surface area contributed by atoms with Crippen LogP contribution in [0.5, 0.6) is 0 Å². The van der Waals surface area contributed by atoms with E-state index in [0.717, 1.165) is 5.56 Å². The van der Waals surface area contributed by atoms with Crippen LogP contribution in [0.15, 0.2) is 34.9 Å². The van der Waals surface area contributed by atoms with E-state index in [1.165, 1.54) is 0 Å². The van der Waals surface area contributed by atoms with Gasteiger partial charge in [0, 0.05) is 36.5 Å². The lowest BCUT2D eigenvalue weighted by Gasteiger charge is -2.19. The monoisotopic (exact) mass is 362 g/mol. The first kappa shape index (κ1) is 17.5. The molecule has 7 heteroatoms. The summed E-state index contributed by atoms with van der Waals surface area (Å²) in [6.45, 7) is 2.40. The predicted molar refractivity (Wildman–Crippen MR) is 92.2 cm³/mol. The highest BCUT2D eigenvalue weighted by Gasteiger charge is 2.41. The van der Waals surface area contributed by atoms with Crippen molar-refractivity contribution in [3.63, 3.8) is 0 Å². The molecule has 1 aliphatic rings. The van der Waals surface area contributed by atoms with Gasteiger partial charge in [0.1, 0.15) is 0 Å². The number of carbonyl (C=O) groups excluding carboxylic acids is 1. The molecule has 1 saturated heterocycles. The van der Waals surface area contributed by atoms with Crippen LogP contribution in [-0.4, -0.2) is 40.0 Å². The topological polar surface area (TPSA) is 83.6 Å². The summed E-state index contributed by atoms with van der Waals surface area (Å²) in [5, 5.41) is 9.88. The first-order chi connectivity index (χ1) is 11.9. The molecule has 2 aromatic rings. The Labute approximate surface area is 150 Å².